The van der Waals surface area contributed by atoms with Crippen LogP contribution in [0.5, 0.6) is 0 Å². The highest BCUT2D eigenvalue weighted by Crippen LogP contribution is 2.32. The Bertz CT molecular complexity index is 318. The minimum atomic E-state index is 0.0621. The van der Waals surface area contributed by atoms with E-state index in [9.17, 15) is 0 Å². The van der Waals surface area contributed by atoms with Gasteiger partial charge in [-0.25, -0.2) is 0 Å². The zero-order valence-corrected chi connectivity index (χ0v) is 10.7. The maximum atomic E-state index is 6.18. The highest BCUT2D eigenvalue weighted by Gasteiger charge is 2.26. The van der Waals surface area contributed by atoms with Crippen LogP contribution >= 0.6 is 11.6 Å². The van der Waals surface area contributed by atoms with Crippen LogP contribution in [0.4, 0.5) is 0 Å². The zero-order valence-electron chi connectivity index (χ0n) is 9.97. The summed E-state index contributed by atoms with van der Waals surface area (Å²) in [6, 6.07) is 0. The molecule has 0 aliphatic heterocycles. The van der Waals surface area contributed by atoms with Crippen LogP contribution in [0, 0.1) is 0 Å². The molecule has 0 aliphatic carbocycles. The maximum Gasteiger partial charge on any atom is 0.0823 e. The molecule has 0 aromatic carbocycles. The second-order valence-corrected chi connectivity index (χ2v) is 4.80. The van der Waals surface area contributed by atoms with E-state index in [1.54, 1.807) is 6.20 Å². The van der Waals surface area contributed by atoms with Crippen LogP contribution in [-0.4, -0.2) is 23.4 Å². The number of hydrogen-bond donors (Lipinski definition) is 1. The average molecular weight is 230 g/mol. The van der Waals surface area contributed by atoms with E-state index >= 15 is 0 Å². The first-order chi connectivity index (χ1) is 7.03. The fourth-order valence-corrected chi connectivity index (χ4v) is 2.23. The third-order valence-corrected chi connectivity index (χ3v) is 3.01. The first kappa shape index (κ1) is 12.5. The second kappa shape index (κ2) is 4.99. The molecule has 0 saturated heterocycles. The number of aryl methyl sites for hydroxylation is 1. The van der Waals surface area contributed by atoms with Gasteiger partial charge in [0.25, 0.3) is 0 Å². The fourth-order valence-electron chi connectivity index (χ4n) is 1.83. The van der Waals surface area contributed by atoms with Crippen LogP contribution in [0.1, 0.15) is 32.9 Å². The Morgan fingerprint density at radius 3 is 2.73 bits per heavy atom. The molecular weight excluding hydrogens is 210 g/mol. The van der Waals surface area contributed by atoms with Crippen molar-refractivity contribution in [3.8, 4) is 0 Å². The topological polar surface area (TPSA) is 29.9 Å². The Morgan fingerprint density at radius 2 is 2.20 bits per heavy atom. The summed E-state index contributed by atoms with van der Waals surface area (Å²) in [6.07, 6.45) is 2.79. The first-order valence-electron chi connectivity index (χ1n) is 5.39. The Morgan fingerprint density at radius 1 is 1.53 bits per heavy atom. The summed E-state index contributed by atoms with van der Waals surface area (Å²) in [5, 5.41) is 8.22. The molecule has 1 aromatic heterocycles. The van der Waals surface area contributed by atoms with Gasteiger partial charge in [0.05, 0.1) is 16.9 Å². The minimum Gasteiger partial charge on any atom is -0.320 e. The second-order valence-electron chi connectivity index (χ2n) is 4.39. The smallest absolute Gasteiger partial charge is 0.0823 e. The van der Waals surface area contributed by atoms with Gasteiger partial charge in [-0.2, -0.15) is 5.10 Å². The molecule has 4 heteroatoms. The molecule has 0 bridgehead atoms. The van der Waals surface area contributed by atoms with E-state index < -0.39 is 0 Å². The predicted molar refractivity (Wildman–Crippen MR) is 64.5 cm³/mol. The van der Waals surface area contributed by atoms with Gasteiger partial charge in [-0.3, -0.25) is 4.68 Å². The molecule has 1 heterocycles. The number of halogens is 1. The van der Waals surface area contributed by atoms with Gasteiger partial charge < -0.3 is 5.32 Å². The number of rotatable bonds is 5. The number of hydrogen-bond acceptors (Lipinski definition) is 2. The van der Waals surface area contributed by atoms with Crippen molar-refractivity contribution in [3.05, 3.63) is 16.9 Å². The van der Waals surface area contributed by atoms with E-state index in [0.29, 0.717) is 0 Å². The van der Waals surface area contributed by atoms with Crippen LogP contribution < -0.4 is 5.32 Å². The van der Waals surface area contributed by atoms with Gasteiger partial charge in [0.15, 0.2) is 0 Å². The number of nitrogens with one attached hydrogen (secondary N) is 1. The number of aromatic nitrogens is 2. The van der Waals surface area contributed by atoms with Gasteiger partial charge >= 0.3 is 0 Å². The van der Waals surface area contributed by atoms with E-state index in [-0.39, 0.29) is 5.41 Å². The summed E-state index contributed by atoms with van der Waals surface area (Å²) in [4.78, 5) is 0. The Balaban J connectivity index is 2.96. The van der Waals surface area contributed by atoms with Crippen LogP contribution in [0.3, 0.4) is 0 Å². The Labute approximate surface area is 96.8 Å². The summed E-state index contributed by atoms with van der Waals surface area (Å²) in [5.41, 5.74) is 1.20. The first-order valence-corrected chi connectivity index (χ1v) is 5.77. The summed E-state index contributed by atoms with van der Waals surface area (Å²) in [7, 11) is 1.97. The molecule has 0 atom stereocenters. The largest absolute Gasteiger partial charge is 0.320 e. The van der Waals surface area contributed by atoms with Crippen molar-refractivity contribution < 1.29 is 0 Å². The van der Waals surface area contributed by atoms with E-state index in [0.717, 1.165) is 30.2 Å². The summed E-state index contributed by atoms with van der Waals surface area (Å²) in [6.45, 7) is 8.35. The monoisotopic (exact) mass is 229 g/mol. The Kier molecular flexibility index (Phi) is 4.17. The molecule has 3 nitrogen and oxygen atoms in total. The lowest BCUT2D eigenvalue weighted by Gasteiger charge is -2.26. The van der Waals surface area contributed by atoms with Crippen molar-refractivity contribution in [1.29, 1.82) is 0 Å². The molecular formula is C11H20ClN3. The van der Waals surface area contributed by atoms with Gasteiger partial charge in [-0.05, 0) is 26.9 Å². The summed E-state index contributed by atoms with van der Waals surface area (Å²) >= 11 is 6.18. The van der Waals surface area contributed by atoms with Crippen molar-refractivity contribution in [1.82, 2.24) is 15.1 Å². The van der Waals surface area contributed by atoms with Crippen LogP contribution in [-0.2, 0) is 12.0 Å². The van der Waals surface area contributed by atoms with Crippen LogP contribution in [0.2, 0.25) is 5.02 Å². The molecule has 15 heavy (non-hydrogen) atoms. The number of nitrogens with zero attached hydrogens (tertiary/aromatic N) is 2. The van der Waals surface area contributed by atoms with Gasteiger partial charge in [0.1, 0.15) is 0 Å². The highest BCUT2D eigenvalue weighted by atomic mass is 35.5. The predicted octanol–water partition coefficient (Wildman–Crippen LogP) is 2.44. The van der Waals surface area contributed by atoms with E-state index in [2.05, 4.69) is 31.2 Å². The van der Waals surface area contributed by atoms with E-state index in [1.165, 1.54) is 0 Å². The molecule has 86 valence electrons. The highest BCUT2D eigenvalue weighted by molar-refractivity contribution is 6.31. The molecule has 0 amide bonds. The third-order valence-electron chi connectivity index (χ3n) is 2.74. The molecule has 0 aliphatic rings. The van der Waals surface area contributed by atoms with Crippen LogP contribution in [0.25, 0.3) is 0 Å². The zero-order chi connectivity index (χ0) is 11.5. The molecule has 0 radical (unpaired) electrons. The lowest BCUT2D eigenvalue weighted by atomic mass is 9.85. The summed E-state index contributed by atoms with van der Waals surface area (Å²) in [5.74, 6) is 0. The average Bonchev–Trinajstić information content (AvgIpc) is 2.57. The van der Waals surface area contributed by atoms with Crippen molar-refractivity contribution in [2.75, 3.05) is 13.6 Å². The quantitative estimate of drug-likeness (QED) is 0.841. The fraction of sp³-hybridized carbons (Fsp3) is 0.727. The van der Waals surface area contributed by atoms with Crippen molar-refractivity contribution in [2.24, 2.45) is 0 Å². The van der Waals surface area contributed by atoms with Crippen molar-refractivity contribution in [2.45, 2.75) is 39.2 Å². The molecule has 1 N–H and O–H groups in total. The molecule has 0 saturated carbocycles. The molecule has 0 spiro atoms. The normalized spacial score (nSPS) is 12.1. The van der Waals surface area contributed by atoms with Crippen LogP contribution in [0.15, 0.2) is 6.20 Å². The molecule has 1 aromatic rings. The summed E-state index contributed by atoms with van der Waals surface area (Å²) < 4.78 is 1.98. The SMILES string of the molecule is CCn1ncc(Cl)c1C(C)(C)CCNC. The Hall–Kier alpha value is -0.540. The maximum absolute atomic E-state index is 6.18. The third kappa shape index (κ3) is 2.73. The molecule has 1 rings (SSSR count). The van der Waals surface area contributed by atoms with Crippen molar-refractivity contribution >= 4 is 11.6 Å². The minimum absolute atomic E-state index is 0.0621. The molecule has 0 unspecified atom stereocenters. The standard InChI is InChI=1S/C11H20ClN3/c1-5-15-10(9(12)8-14-15)11(2,3)6-7-13-4/h8,13H,5-7H2,1-4H3. The lowest BCUT2D eigenvalue weighted by molar-refractivity contribution is 0.423. The molecule has 0 fully saturated rings. The van der Waals surface area contributed by atoms with Gasteiger partial charge in [-0.1, -0.05) is 25.4 Å². The van der Waals surface area contributed by atoms with Gasteiger partial charge in [0, 0.05) is 12.0 Å². The van der Waals surface area contributed by atoms with Gasteiger partial charge in [0.2, 0.25) is 0 Å². The van der Waals surface area contributed by atoms with Crippen molar-refractivity contribution in [3.63, 3.8) is 0 Å². The van der Waals surface area contributed by atoms with E-state index in [1.807, 2.05) is 11.7 Å². The lowest BCUT2D eigenvalue weighted by Crippen LogP contribution is -2.27. The van der Waals surface area contributed by atoms with Gasteiger partial charge in [-0.15, -0.1) is 0 Å². The van der Waals surface area contributed by atoms with E-state index in [4.69, 9.17) is 11.6 Å².